The molecular weight excluding hydrogens is 324 g/mol. The summed E-state index contributed by atoms with van der Waals surface area (Å²) in [5, 5.41) is 0. The summed E-state index contributed by atoms with van der Waals surface area (Å²) in [6.07, 6.45) is 7.03. The van der Waals surface area contributed by atoms with E-state index in [9.17, 15) is 9.59 Å². The average molecular weight is 359 g/mol. The summed E-state index contributed by atoms with van der Waals surface area (Å²) in [7, 11) is 0. The lowest BCUT2D eigenvalue weighted by Gasteiger charge is -2.33. The quantitative estimate of drug-likeness (QED) is 0.661. The molecule has 0 spiro atoms. The van der Waals surface area contributed by atoms with Crippen LogP contribution in [0.2, 0.25) is 0 Å². The SMILES string of the molecule is CCCCN(CCCC)C(=O)C(=O)N1CCC(Cc2ccccc2)CC1. The predicted octanol–water partition coefficient (Wildman–Crippen LogP) is 3.90. The second-order valence-corrected chi connectivity index (χ2v) is 7.42. The Balaban J connectivity index is 1.84. The third-order valence-electron chi connectivity index (χ3n) is 5.30. The summed E-state index contributed by atoms with van der Waals surface area (Å²) in [5.41, 5.74) is 1.36. The topological polar surface area (TPSA) is 40.6 Å². The summed E-state index contributed by atoms with van der Waals surface area (Å²) in [6.45, 7) is 7.04. The van der Waals surface area contributed by atoms with Gasteiger partial charge in [0.05, 0.1) is 0 Å². The molecule has 0 aliphatic carbocycles. The molecule has 1 heterocycles. The van der Waals surface area contributed by atoms with Gasteiger partial charge in [-0.25, -0.2) is 0 Å². The number of rotatable bonds is 8. The van der Waals surface area contributed by atoms with Crippen molar-refractivity contribution in [2.24, 2.45) is 5.92 Å². The van der Waals surface area contributed by atoms with Crippen LogP contribution < -0.4 is 0 Å². The van der Waals surface area contributed by atoms with Crippen molar-refractivity contribution < 1.29 is 9.59 Å². The molecule has 0 bridgehead atoms. The van der Waals surface area contributed by atoms with Crippen LogP contribution in [0.5, 0.6) is 0 Å². The summed E-state index contributed by atoms with van der Waals surface area (Å²) >= 11 is 0. The smallest absolute Gasteiger partial charge is 0.312 e. The van der Waals surface area contributed by atoms with E-state index >= 15 is 0 Å². The van der Waals surface area contributed by atoms with Crippen LogP contribution in [0.1, 0.15) is 57.9 Å². The van der Waals surface area contributed by atoms with Crippen molar-refractivity contribution in [3.05, 3.63) is 35.9 Å². The first-order chi connectivity index (χ1) is 12.7. The lowest BCUT2D eigenvalue weighted by molar-refractivity contribution is -0.152. The fourth-order valence-corrected chi connectivity index (χ4v) is 3.57. The van der Waals surface area contributed by atoms with E-state index in [0.29, 0.717) is 32.1 Å². The third-order valence-corrected chi connectivity index (χ3v) is 5.30. The van der Waals surface area contributed by atoms with E-state index in [-0.39, 0.29) is 11.8 Å². The summed E-state index contributed by atoms with van der Waals surface area (Å²) in [6, 6.07) is 10.5. The van der Waals surface area contributed by atoms with E-state index in [2.05, 4.69) is 38.1 Å². The highest BCUT2D eigenvalue weighted by atomic mass is 16.2. The fourth-order valence-electron chi connectivity index (χ4n) is 3.57. The van der Waals surface area contributed by atoms with E-state index < -0.39 is 0 Å². The van der Waals surface area contributed by atoms with Crippen molar-refractivity contribution in [2.75, 3.05) is 26.2 Å². The number of hydrogen-bond acceptors (Lipinski definition) is 2. The molecule has 0 N–H and O–H groups in total. The second-order valence-electron chi connectivity index (χ2n) is 7.42. The van der Waals surface area contributed by atoms with Crippen molar-refractivity contribution in [3.8, 4) is 0 Å². The Hall–Kier alpha value is -1.84. The number of carbonyl (C=O) groups is 2. The third kappa shape index (κ3) is 6.15. The summed E-state index contributed by atoms with van der Waals surface area (Å²) in [5.74, 6) is 0.0108. The molecule has 1 aliphatic rings. The van der Waals surface area contributed by atoms with Gasteiger partial charge in [-0.2, -0.15) is 0 Å². The summed E-state index contributed by atoms with van der Waals surface area (Å²) < 4.78 is 0. The average Bonchev–Trinajstić information content (AvgIpc) is 2.68. The van der Waals surface area contributed by atoms with Gasteiger partial charge in [0.2, 0.25) is 0 Å². The minimum Gasteiger partial charge on any atom is -0.334 e. The van der Waals surface area contributed by atoms with Gasteiger partial charge in [-0.1, -0.05) is 57.0 Å². The van der Waals surface area contributed by atoms with E-state index in [4.69, 9.17) is 0 Å². The van der Waals surface area contributed by atoms with Gasteiger partial charge in [0, 0.05) is 26.2 Å². The number of piperidine rings is 1. The molecule has 144 valence electrons. The van der Waals surface area contributed by atoms with E-state index in [1.54, 1.807) is 9.80 Å². The van der Waals surface area contributed by atoms with Gasteiger partial charge in [0.1, 0.15) is 0 Å². The molecule has 1 aromatic carbocycles. The zero-order valence-corrected chi connectivity index (χ0v) is 16.5. The van der Waals surface area contributed by atoms with Gasteiger partial charge in [-0.15, -0.1) is 0 Å². The molecule has 1 saturated heterocycles. The first kappa shape index (κ1) is 20.5. The minimum absolute atomic E-state index is 0.296. The van der Waals surface area contributed by atoms with E-state index in [1.807, 2.05) is 6.07 Å². The van der Waals surface area contributed by atoms with Crippen LogP contribution in [-0.2, 0) is 16.0 Å². The maximum Gasteiger partial charge on any atom is 0.312 e. The van der Waals surface area contributed by atoms with Crippen LogP contribution in [0, 0.1) is 5.92 Å². The molecule has 4 heteroatoms. The number of carbonyl (C=O) groups excluding carboxylic acids is 2. The van der Waals surface area contributed by atoms with Crippen LogP contribution in [-0.4, -0.2) is 47.8 Å². The lowest BCUT2D eigenvalue weighted by atomic mass is 9.90. The van der Waals surface area contributed by atoms with Crippen molar-refractivity contribution in [2.45, 2.75) is 58.8 Å². The van der Waals surface area contributed by atoms with Crippen molar-refractivity contribution in [3.63, 3.8) is 0 Å². The van der Waals surface area contributed by atoms with Crippen molar-refractivity contribution >= 4 is 11.8 Å². The molecule has 2 amide bonds. The number of amides is 2. The maximum atomic E-state index is 12.7. The monoisotopic (exact) mass is 358 g/mol. The van der Waals surface area contributed by atoms with Gasteiger partial charge < -0.3 is 9.80 Å². The number of benzene rings is 1. The van der Waals surface area contributed by atoms with Gasteiger partial charge in [-0.05, 0) is 43.6 Å². The van der Waals surface area contributed by atoms with Gasteiger partial charge in [0.25, 0.3) is 0 Å². The molecule has 4 nitrogen and oxygen atoms in total. The van der Waals surface area contributed by atoms with Crippen LogP contribution in [0.25, 0.3) is 0 Å². The molecule has 1 aliphatic heterocycles. The number of unbranched alkanes of at least 4 members (excludes halogenated alkanes) is 2. The van der Waals surface area contributed by atoms with Crippen LogP contribution in [0.4, 0.5) is 0 Å². The van der Waals surface area contributed by atoms with Gasteiger partial charge >= 0.3 is 11.8 Å². The zero-order valence-electron chi connectivity index (χ0n) is 16.5. The Morgan fingerprint density at radius 3 is 2.12 bits per heavy atom. The van der Waals surface area contributed by atoms with Crippen LogP contribution >= 0.6 is 0 Å². The standard InChI is InChI=1S/C22H34N2O2/c1-3-5-14-23(15-6-4-2)21(25)22(26)24-16-12-20(13-17-24)18-19-10-8-7-9-11-19/h7-11,20H,3-6,12-18H2,1-2H3. The Morgan fingerprint density at radius 1 is 1.00 bits per heavy atom. The Kier molecular flexibility index (Phi) is 8.66. The predicted molar refractivity (Wildman–Crippen MR) is 106 cm³/mol. The van der Waals surface area contributed by atoms with Gasteiger partial charge in [-0.3, -0.25) is 9.59 Å². The molecule has 0 unspecified atom stereocenters. The molecule has 0 aromatic heterocycles. The molecule has 0 atom stereocenters. The molecule has 1 aromatic rings. The highest BCUT2D eigenvalue weighted by Crippen LogP contribution is 2.22. The first-order valence-corrected chi connectivity index (χ1v) is 10.3. The van der Waals surface area contributed by atoms with Crippen LogP contribution in [0.15, 0.2) is 30.3 Å². The molecule has 0 saturated carbocycles. The molecule has 1 fully saturated rings. The lowest BCUT2D eigenvalue weighted by Crippen LogP contribution is -2.48. The largest absolute Gasteiger partial charge is 0.334 e. The Bertz CT molecular complexity index is 543. The molecule has 2 rings (SSSR count). The highest BCUT2D eigenvalue weighted by Gasteiger charge is 2.29. The Morgan fingerprint density at radius 2 is 1.58 bits per heavy atom. The normalized spacial score (nSPS) is 15.1. The van der Waals surface area contributed by atoms with E-state index in [0.717, 1.165) is 44.9 Å². The highest BCUT2D eigenvalue weighted by molar-refractivity contribution is 6.34. The second kappa shape index (κ2) is 11.0. The van der Waals surface area contributed by atoms with Crippen molar-refractivity contribution in [1.29, 1.82) is 0 Å². The van der Waals surface area contributed by atoms with Crippen LogP contribution in [0.3, 0.4) is 0 Å². The molecule has 0 radical (unpaired) electrons. The zero-order chi connectivity index (χ0) is 18.8. The fraction of sp³-hybridized carbons (Fsp3) is 0.636. The Labute approximate surface area is 158 Å². The first-order valence-electron chi connectivity index (χ1n) is 10.3. The number of hydrogen-bond donors (Lipinski definition) is 0. The molecular formula is C22H34N2O2. The van der Waals surface area contributed by atoms with Gasteiger partial charge in [0.15, 0.2) is 0 Å². The number of likely N-dealkylation sites (tertiary alicyclic amines) is 1. The minimum atomic E-state index is -0.298. The maximum absolute atomic E-state index is 12.7. The number of nitrogens with zero attached hydrogens (tertiary/aromatic N) is 2. The summed E-state index contributed by atoms with van der Waals surface area (Å²) in [4.78, 5) is 28.9. The van der Waals surface area contributed by atoms with Crippen molar-refractivity contribution in [1.82, 2.24) is 9.80 Å². The van der Waals surface area contributed by atoms with E-state index in [1.165, 1.54) is 5.56 Å². The molecule has 26 heavy (non-hydrogen) atoms.